The Balaban J connectivity index is 1.78. The lowest BCUT2D eigenvalue weighted by Crippen LogP contribution is -2.53. The molecule has 3 rings (SSSR count). The number of hydrogen-bond donors (Lipinski definition) is 1. The Hall–Kier alpha value is -0.820. The summed E-state index contributed by atoms with van der Waals surface area (Å²) in [5, 5.41) is 3.70. The number of aryl methyl sites for hydroxylation is 1. The third-order valence-electron chi connectivity index (χ3n) is 5.61. The highest BCUT2D eigenvalue weighted by molar-refractivity contribution is 5.34. The second-order valence-corrected chi connectivity index (χ2v) is 7.39. The number of rotatable bonds is 5. The van der Waals surface area contributed by atoms with Crippen molar-refractivity contribution in [2.75, 3.05) is 13.1 Å². The van der Waals surface area contributed by atoms with Crippen LogP contribution in [0.1, 0.15) is 63.0 Å². The van der Waals surface area contributed by atoms with Crippen LogP contribution in [-0.2, 0) is 5.41 Å². The molecule has 1 heteroatoms. The van der Waals surface area contributed by atoms with Gasteiger partial charge in [0.2, 0.25) is 0 Å². The number of benzene rings is 1. The highest BCUT2D eigenvalue weighted by Gasteiger charge is 2.55. The minimum atomic E-state index is 0.422. The average molecular weight is 271 g/mol. The van der Waals surface area contributed by atoms with E-state index in [0.717, 1.165) is 6.54 Å². The molecule has 0 bridgehead atoms. The minimum Gasteiger partial charge on any atom is -0.316 e. The lowest BCUT2D eigenvalue weighted by molar-refractivity contribution is 0.0271. The molecule has 1 aromatic carbocycles. The van der Waals surface area contributed by atoms with Gasteiger partial charge in [0.05, 0.1) is 0 Å². The molecule has 0 saturated heterocycles. The second-order valence-electron chi connectivity index (χ2n) is 7.39. The Morgan fingerprint density at radius 2 is 1.90 bits per heavy atom. The van der Waals surface area contributed by atoms with E-state index in [2.05, 4.69) is 43.4 Å². The highest BCUT2D eigenvalue weighted by atomic mass is 14.9. The molecule has 0 radical (unpaired) electrons. The van der Waals surface area contributed by atoms with Crippen LogP contribution in [-0.4, -0.2) is 13.1 Å². The zero-order valence-corrected chi connectivity index (χ0v) is 13.2. The topological polar surface area (TPSA) is 12.0 Å². The Bertz CT molecular complexity index is 449. The maximum absolute atomic E-state index is 3.70. The standard InChI is InChI=1S/C19H29N/c1-3-11-20-15-19(17-8-6-7-16(2)12-17)13-18(14-19)9-4-5-10-18/h6-8,12,20H,3-5,9-11,13-15H2,1-2H3. The second kappa shape index (κ2) is 5.52. The molecule has 1 nitrogen and oxygen atoms in total. The molecule has 0 unspecified atom stereocenters. The van der Waals surface area contributed by atoms with Crippen molar-refractivity contribution in [1.29, 1.82) is 0 Å². The van der Waals surface area contributed by atoms with Crippen LogP contribution in [0.3, 0.4) is 0 Å². The molecule has 2 saturated carbocycles. The summed E-state index contributed by atoms with van der Waals surface area (Å²) in [5.74, 6) is 0. The van der Waals surface area contributed by atoms with Crippen LogP contribution in [0.2, 0.25) is 0 Å². The monoisotopic (exact) mass is 271 g/mol. The van der Waals surface area contributed by atoms with Gasteiger partial charge in [0.25, 0.3) is 0 Å². The van der Waals surface area contributed by atoms with Crippen LogP contribution in [0, 0.1) is 12.3 Å². The zero-order valence-electron chi connectivity index (χ0n) is 13.2. The molecule has 0 aliphatic heterocycles. The summed E-state index contributed by atoms with van der Waals surface area (Å²) in [6, 6.07) is 9.25. The SMILES string of the molecule is CCCNCC1(c2cccc(C)c2)CC2(CCCC2)C1. The molecule has 2 fully saturated rings. The molecule has 110 valence electrons. The summed E-state index contributed by atoms with van der Waals surface area (Å²) in [6.07, 6.45) is 9.95. The minimum absolute atomic E-state index is 0.422. The smallest absolute Gasteiger partial charge is 0.00884 e. The highest BCUT2D eigenvalue weighted by Crippen LogP contribution is 2.62. The van der Waals surface area contributed by atoms with Crippen molar-refractivity contribution in [2.45, 2.75) is 64.2 Å². The summed E-state index contributed by atoms with van der Waals surface area (Å²) in [4.78, 5) is 0. The average Bonchev–Trinajstić information content (AvgIpc) is 2.87. The van der Waals surface area contributed by atoms with Crippen LogP contribution < -0.4 is 5.32 Å². The van der Waals surface area contributed by atoms with Crippen molar-refractivity contribution in [3.8, 4) is 0 Å². The van der Waals surface area contributed by atoms with Gasteiger partial charge in [0.15, 0.2) is 0 Å². The third kappa shape index (κ3) is 2.53. The molecule has 0 amide bonds. The van der Waals surface area contributed by atoms with Gasteiger partial charge in [0.1, 0.15) is 0 Å². The zero-order chi connectivity index (χ0) is 14.1. The Morgan fingerprint density at radius 1 is 1.15 bits per heavy atom. The largest absolute Gasteiger partial charge is 0.316 e. The predicted molar refractivity (Wildman–Crippen MR) is 86.2 cm³/mol. The summed E-state index contributed by atoms with van der Waals surface area (Å²) in [6.45, 7) is 6.80. The molecular formula is C19H29N. The van der Waals surface area contributed by atoms with Gasteiger partial charge >= 0.3 is 0 Å². The van der Waals surface area contributed by atoms with Gasteiger partial charge in [-0.05, 0) is 56.6 Å². The number of nitrogens with one attached hydrogen (secondary N) is 1. The molecule has 1 aromatic rings. The molecule has 1 N–H and O–H groups in total. The quantitative estimate of drug-likeness (QED) is 0.773. The third-order valence-corrected chi connectivity index (χ3v) is 5.61. The van der Waals surface area contributed by atoms with Gasteiger partial charge < -0.3 is 5.32 Å². The Morgan fingerprint density at radius 3 is 2.55 bits per heavy atom. The van der Waals surface area contributed by atoms with Crippen molar-refractivity contribution in [1.82, 2.24) is 5.32 Å². The van der Waals surface area contributed by atoms with E-state index in [1.165, 1.54) is 57.1 Å². The van der Waals surface area contributed by atoms with E-state index in [-0.39, 0.29) is 0 Å². The van der Waals surface area contributed by atoms with Crippen molar-refractivity contribution in [2.24, 2.45) is 5.41 Å². The van der Waals surface area contributed by atoms with Gasteiger partial charge in [-0.2, -0.15) is 0 Å². The first-order valence-corrected chi connectivity index (χ1v) is 8.46. The molecular weight excluding hydrogens is 242 g/mol. The maximum Gasteiger partial charge on any atom is 0.00884 e. The fraction of sp³-hybridized carbons (Fsp3) is 0.684. The van der Waals surface area contributed by atoms with E-state index in [1.54, 1.807) is 5.56 Å². The van der Waals surface area contributed by atoms with Crippen molar-refractivity contribution < 1.29 is 0 Å². The van der Waals surface area contributed by atoms with Crippen molar-refractivity contribution in [3.63, 3.8) is 0 Å². The first kappa shape index (κ1) is 14.1. The molecule has 1 spiro atoms. The van der Waals surface area contributed by atoms with E-state index in [4.69, 9.17) is 0 Å². The fourth-order valence-corrected chi connectivity index (χ4v) is 4.77. The van der Waals surface area contributed by atoms with Crippen LogP contribution in [0.4, 0.5) is 0 Å². The predicted octanol–water partition coefficient (Wildman–Crippen LogP) is 4.59. The van der Waals surface area contributed by atoms with Crippen LogP contribution in [0.15, 0.2) is 24.3 Å². The molecule has 2 aliphatic rings. The Kier molecular flexibility index (Phi) is 3.90. The van der Waals surface area contributed by atoms with Crippen molar-refractivity contribution in [3.05, 3.63) is 35.4 Å². The normalized spacial score (nSPS) is 22.9. The number of hydrogen-bond acceptors (Lipinski definition) is 1. The van der Waals surface area contributed by atoms with Gasteiger partial charge in [0, 0.05) is 12.0 Å². The molecule has 0 heterocycles. The van der Waals surface area contributed by atoms with Gasteiger partial charge in [-0.3, -0.25) is 0 Å². The first-order valence-electron chi connectivity index (χ1n) is 8.46. The summed E-state index contributed by atoms with van der Waals surface area (Å²) in [7, 11) is 0. The lowest BCUT2D eigenvalue weighted by Gasteiger charge is -2.56. The van der Waals surface area contributed by atoms with Gasteiger partial charge in [-0.25, -0.2) is 0 Å². The van der Waals surface area contributed by atoms with E-state index in [1.807, 2.05) is 0 Å². The van der Waals surface area contributed by atoms with E-state index in [0.29, 0.717) is 10.8 Å². The van der Waals surface area contributed by atoms with E-state index >= 15 is 0 Å². The first-order chi connectivity index (χ1) is 9.68. The summed E-state index contributed by atoms with van der Waals surface area (Å²) in [5.41, 5.74) is 4.12. The summed E-state index contributed by atoms with van der Waals surface area (Å²) >= 11 is 0. The van der Waals surface area contributed by atoms with E-state index < -0.39 is 0 Å². The lowest BCUT2D eigenvalue weighted by atomic mass is 9.49. The van der Waals surface area contributed by atoms with Gasteiger partial charge in [-0.15, -0.1) is 0 Å². The van der Waals surface area contributed by atoms with Crippen LogP contribution in [0.25, 0.3) is 0 Å². The van der Waals surface area contributed by atoms with E-state index in [9.17, 15) is 0 Å². The van der Waals surface area contributed by atoms with Crippen LogP contribution in [0.5, 0.6) is 0 Å². The molecule has 2 aliphatic carbocycles. The molecule has 20 heavy (non-hydrogen) atoms. The Labute approximate surface area is 124 Å². The molecule has 0 atom stereocenters. The van der Waals surface area contributed by atoms with Gasteiger partial charge in [-0.1, -0.05) is 49.6 Å². The summed E-state index contributed by atoms with van der Waals surface area (Å²) < 4.78 is 0. The van der Waals surface area contributed by atoms with Crippen molar-refractivity contribution >= 4 is 0 Å². The maximum atomic E-state index is 3.70. The van der Waals surface area contributed by atoms with Crippen LogP contribution >= 0.6 is 0 Å². The fourth-order valence-electron chi connectivity index (χ4n) is 4.77. The molecule has 0 aromatic heterocycles.